The van der Waals surface area contributed by atoms with Gasteiger partial charge in [-0.25, -0.2) is 4.79 Å². The average molecular weight is 551 g/mol. The minimum absolute atomic E-state index is 0.0316. The summed E-state index contributed by atoms with van der Waals surface area (Å²) in [6, 6.07) is 7.44. The first-order valence-electron chi connectivity index (χ1n) is 14.0. The number of piperazine rings is 1. The van der Waals surface area contributed by atoms with Crippen molar-refractivity contribution in [1.82, 2.24) is 25.3 Å². The molecule has 3 heterocycles. The number of rotatable bonds is 7. The van der Waals surface area contributed by atoms with E-state index in [0.717, 1.165) is 12.0 Å². The van der Waals surface area contributed by atoms with Gasteiger partial charge in [0.2, 0.25) is 11.8 Å². The van der Waals surface area contributed by atoms with E-state index in [2.05, 4.69) is 16.7 Å². The maximum Gasteiger partial charge on any atom is 0.408 e. The normalized spacial score (nSPS) is 28.5. The molecule has 4 fully saturated rings. The van der Waals surface area contributed by atoms with Gasteiger partial charge in [-0.1, -0.05) is 12.1 Å². The Bertz CT molecular complexity index is 1250. The van der Waals surface area contributed by atoms with Crippen LogP contribution in [0.4, 0.5) is 4.79 Å². The smallest absolute Gasteiger partial charge is 0.408 e. The number of likely N-dealkylation sites (tertiary alicyclic amines) is 3. The molecule has 1 saturated carbocycles. The maximum atomic E-state index is 13.7. The Morgan fingerprint density at radius 2 is 1.95 bits per heavy atom. The first-order valence-corrected chi connectivity index (χ1v) is 14.0. The fourth-order valence-corrected chi connectivity index (χ4v) is 6.58. The minimum atomic E-state index is -0.938. The topological polar surface area (TPSA) is 135 Å². The van der Waals surface area contributed by atoms with E-state index < -0.39 is 29.8 Å². The van der Waals surface area contributed by atoms with Gasteiger partial charge in [0.15, 0.2) is 0 Å². The van der Waals surface area contributed by atoms with Crippen molar-refractivity contribution in [1.29, 1.82) is 5.26 Å². The number of carbonyl (C=O) groups excluding carboxylic acids is 4. The molecule has 3 aliphatic heterocycles. The Hall–Kier alpha value is -3.65. The first-order chi connectivity index (χ1) is 18.9. The predicted molar refractivity (Wildman–Crippen MR) is 145 cm³/mol. The van der Waals surface area contributed by atoms with Crippen LogP contribution in [0.15, 0.2) is 24.3 Å². The quantitative estimate of drug-likeness (QED) is 0.529. The number of benzene rings is 1. The van der Waals surface area contributed by atoms with Crippen LogP contribution in [0.1, 0.15) is 68.9 Å². The molecule has 0 unspecified atom stereocenters. The number of carbonyl (C=O) groups is 4. The van der Waals surface area contributed by atoms with Crippen molar-refractivity contribution in [3.05, 3.63) is 35.4 Å². The van der Waals surface area contributed by atoms with E-state index in [-0.39, 0.29) is 42.4 Å². The SMILES string of the molecule is CNC(=O)c1cccc([C@H](C)N2C(=O)[C@H]3C[C@@H]2CN3C[C@H](NC(=O)OC(C)(C)C)C(=O)N2[C@H](C#N)C[C@@H]3C[C@@H]32)c1. The van der Waals surface area contributed by atoms with Crippen molar-refractivity contribution in [3.63, 3.8) is 0 Å². The zero-order valence-corrected chi connectivity index (χ0v) is 23.7. The third kappa shape index (κ3) is 5.24. The number of ether oxygens (including phenoxy) is 1. The minimum Gasteiger partial charge on any atom is -0.444 e. The molecule has 3 saturated heterocycles. The monoisotopic (exact) mass is 550 g/mol. The van der Waals surface area contributed by atoms with E-state index in [9.17, 15) is 24.4 Å². The second kappa shape index (κ2) is 10.4. The lowest BCUT2D eigenvalue weighted by Crippen LogP contribution is -2.59. The lowest BCUT2D eigenvalue weighted by Gasteiger charge is -2.39. The molecule has 5 rings (SSSR count). The highest BCUT2D eigenvalue weighted by Gasteiger charge is 2.56. The van der Waals surface area contributed by atoms with Crippen LogP contribution in [0.3, 0.4) is 0 Å². The molecule has 4 aliphatic rings. The Balaban J connectivity index is 1.31. The number of piperidine rings is 1. The number of hydrogen-bond acceptors (Lipinski definition) is 7. The number of nitriles is 1. The van der Waals surface area contributed by atoms with Gasteiger partial charge in [0.1, 0.15) is 17.7 Å². The first kappa shape index (κ1) is 27.9. The number of fused-ring (bicyclic) bond motifs is 3. The molecule has 2 N–H and O–H groups in total. The highest BCUT2D eigenvalue weighted by atomic mass is 16.6. The maximum absolute atomic E-state index is 13.7. The fraction of sp³-hybridized carbons (Fsp3) is 0.621. The number of nitrogens with one attached hydrogen (secondary N) is 2. The zero-order valence-electron chi connectivity index (χ0n) is 23.7. The Kier molecular flexibility index (Phi) is 7.25. The largest absolute Gasteiger partial charge is 0.444 e. The van der Waals surface area contributed by atoms with Crippen LogP contribution >= 0.6 is 0 Å². The van der Waals surface area contributed by atoms with Crippen molar-refractivity contribution in [2.75, 3.05) is 20.1 Å². The number of alkyl carbamates (subject to hydrolysis) is 1. The summed E-state index contributed by atoms with van der Waals surface area (Å²) in [6.07, 6.45) is 1.46. The molecule has 11 nitrogen and oxygen atoms in total. The standard InChI is InChI=1S/C29H38N6O5/c1-16(17-7-6-8-18(9-17)25(36)31-5)34-21-12-24(27(34)38)33(14-21)15-22(32-28(39)40-29(2,3)4)26(37)35-20(13-30)10-19-11-23(19)35/h6-9,16,19-24H,10-12,14-15H2,1-5H3,(H,31,36)(H,32,39)/t16-,19+,20-,21+,22-,23-,24+/m0/s1. The summed E-state index contributed by atoms with van der Waals surface area (Å²) >= 11 is 0. The Labute approximate surface area is 234 Å². The predicted octanol–water partition coefficient (Wildman–Crippen LogP) is 1.80. The number of amides is 4. The van der Waals surface area contributed by atoms with Crippen molar-refractivity contribution < 1.29 is 23.9 Å². The lowest BCUT2D eigenvalue weighted by atomic mass is 10.0. The van der Waals surface area contributed by atoms with E-state index in [0.29, 0.717) is 30.9 Å². The highest BCUT2D eigenvalue weighted by Crippen LogP contribution is 2.48. The Morgan fingerprint density at radius 1 is 1.20 bits per heavy atom. The lowest BCUT2D eigenvalue weighted by molar-refractivity contribution is -0.141. The van der Waals surface area contributed by atoms with E-state index >= 15 is 0 Å². The second-order valence-corrected chi connectivity index (χ2v) is 12.4. The van der Waals surface area contributed by atoms with Gasteiger partial charge in [0.25, 0.3) is 5.91 Å². The molecule has 11 heteroatoms. The second-order valence-electron chi connectivity index (χ2n) is 12.4. The summed E-state index contributed by atoms with van der Waals surface area (Å²) in [5.41, 5.74) is 0.676. The van der Waals surface area contributed by atoms with Gasteiger partial charge >= 0.3 is 6.09 Å². The number of nitrogens with zero attached hydrogens (tertiary/aromatic N) is 4. The van der Waals surface area contributed by atoms with Crippen molar-refractivity contribution in [3.8, 4) is 6.07 Å². The molecule has 214 valence electrons. The van der Waals surface area contributed by atoms with Gasteiger partial charge in [-0.3, -0.25) is 19.3 Å². The fourth-order valence-electron chi connectivity index (χ4n) is 6.58. The van der Waals surface area contributed by atoms with Crippen molar-refractivity contribution in [2.24, 2.45) is 5.92 Å². The van der Waals surface area contributed by atoms with Gasteiger partial charge in [0, 0.05) is 37.8 Å². The summed E-state index contributed by atoms with van der Waals surface area (Å²) in [5, 5.41) is 15.0. The molecule has 4 amide bonds. The highest BCUT2D eigenvalue weighted by molar-refractivity contribution is 5.94. The van der Waals surface area contributed by atoms with Gasteiger partial charge in [-0.15, -0.1) is 0 Å². The van der Waals surface area contributed by atoms with Gasteiger partial charge in [0.05, 0.1) is 18.2 Å². The van der Waals surface area contributed by atoms with Gasteiger partial charge in [-0.05, 0) is 70.6 Å². The summed E-state index contributed by atoms with van der Waals surface area (Å²) in [6.45, 7) is 7.94. The molecular formula is C29H38N6O5. The van der Waals surface area contributed by atoms with Crippen LogP contribution in [0.5, 0.6) is 0 Å². The summed E-state index contributed by atoms with van der Waals surface area (Å²) in [4.78, 5) is 57.7. The van der Waals surface area contributed by atoms with Crippen molar-refractivity contribution >= 4 is 23.8 Å². The zero-order chi connectivity index (χ0) is 28.9. The molecule has 1 aromatic carbocycles. The third-order valence-corrected chi connectivity index (χ3v) is 8.50. The molecule has 7 atom stereocenters. The van der Waals surface area contributed by atoms with Gasteiger partial charge in [-0.2, -0.15) is 5.26 Å². The van der Waals surface area contributed by atoms with Crippen LogP contribution in [0, 0.1) is 17.2 Å². The van der Waals surface area contributed by atoms with Crippen LogP contribution in [0.25, 0.3) is 0 Å². The van der Waals surface area contributed by atoms with Crippen molar-refractivity contribution in [2.45, 2.75) is 88.8 Å². The van der Waals surface area contributed by atoms with Crippen LogP contribution in [-0.2, 0) is 14.3 Å². The van der Waals surface area contributed by atoms with E-state index in [1.165, 1.54) is 0 Å². The number of hydrogen-bond donors (Lipinski definition) is 2. The van der Waals surface area contributed by atoms with E-state index in [1.54, 1.807) is 38.8 Å². The Morgan fingerprint density at radius 3 is 2.60 bits per heavy atom. The third-order valence-electron chi connectivity index (χ3n) is 8.50. The van der Waals surface area contributed by atoms with Crippen LogP contribution < -0.4 is 10.6 Å². The molecule has 0 radical (unpaired) electrons. The summed E-state index contributed by atoms with van der Waals surface area (Å²) < 4.78 is 5.44. The average Bonchev–Trinajstić information content (AvgIpc) is 3.23. The molecule has 1 aliphatic carbocycles. The van der Waals surface area contributed by atoms with E-state index in [1.807, 2.05) is 34.9 Å². The van der Waals surface area contributed by atoms with Gasteiger partial charge < -0.3 is 25.2 Å². The summed E-state index contributed by atoms with van der Waals surface area (Å²) in [7, 11) is 1.58. The van der Waals surface area contributed by atoms with E-state index in [4.69, 9.17) is 4.74 Å². The molecule has 1 aromatic rings. The molecule has 40 heavy (non-hydrogen) atoms. The van der Waals surface area contributed by atoms with Crippen LogP contribution in [0.2, 0.25) is 0 Å². The molecule has 0 spiro atoms. The molecule has 0 aromatic heterocycles. The molecule has 2 bridgehead atoms. The summed E-state index contributed by atoms with van der Waals surface area (Å²) in [5.74, 6) is -0.168. The van der Waals surface area contributed by atoms with Crippen LogP contribution in [-0.4, -0.2) is 94.5 Å². The molecular weight excluding hydrogens is 512 g/mol.